The number of hydrogen-bond acceptors (Lipinski definition) is 5. The summed E-state index contributed by atoms with van der Waals surface area (Å²) < 4.78 is 23.7. The van der Waals surface area contributed by atoms with E-state index in [0.29, 0.717) is 18.7 Å². The molecule has 0 N–H and O–H groups in total. The van der Waals surface area contributed by atoms with Crippen molar-refractivity contribution >= 4 is 15.7 Å². The maximum atomic E-state index is 13.2. The molecule has 27 heavy (non-hydrogen) atoms. The largest absolute Gasteiger partial charge is 0.333 e. The zero-order valence-electron chi connectivity index (χ0n) is 16.3. The Morgan fingerprint density at radius 1 is 1.26 bits per heavy atom. The van der Waals surface area contributed by atoms with Gasteiger partial charge in [-0.1, -0.05) is 24.6 Å². The Kier molecular flexibility index (Phi) is 5.37. The molecule has 2 heterocycles. The smallest absolute Gasteiger partial charge is 0.276 e. The topological polar surface area (TPSA) is 85.2 Å². The van der Waals surface area contributed by atoms with Gasteiger partial charge < -0.3 is 4.90 Å². The van der Waals surface area contributed by atoms with Gasteiger partial charge >= 0.3 is 0 Å². The number of aromatic nitrogens is 3. The molecule has 0 radical (unpaired) electrons. The number of aryl methyl sites for hydroxylation is 3. The number of benzene rings is 1. The molecule has 8 heteroatoms. The van der Waals surface area contributed by atoms with Crippen LogP contribution in [-0.4, -0.2) is 58.3 Å². The number of amides is 1. The summed E-state index contributed by atoms with van der Waals surface area (Å²) in [6.45, 7) is 8.24. The third kappa shape index (κ3) is 4.05. The highest BCUT2D eigenvalue weighted by Gasteiger charge is 2.36. The standard InChI is InChI=1S/C19H26N4O3S/c1-5-9-22(16-8-10-27(25,26)12-16)19(24)18-15(4)20-23(21-18)17-7-6-13(2)11-14(17)3/h6-7,11,16H,5,8-10,12H2,1-4H3/t16-/m0/s1. The number of hydrogen-bond donors (Lipinski definition) is 0. The quantitative estimate of drug-likeness (QED) is 0.782. The molecule has 1 fully saturated rings. The second-order valence-electron chi connectivity index (χ2n) is 7.27. The van der Waals surface area contributed by atoms with Crippen LogP contribution in [0.5, 0.6) is 0 Å². The normalized spacial score (nSPS) is 18.6. The molecule has 1 aliphatic heterocycles. The molecule has 0 spiro atoms. The molecule has 1 atom stereocenters. The van der Waals surface area contributed by atoms with Gasteiger partial charge in [-0.15, -0.1) is 5.10 Å². The molecule has 146 valence electrons. The maximum Gasteiger partial charge on any atom is 0.276 e. The number of carbonyl (C=O) groups excluding carboxylic acids is 1. The molecule has 1 amide bonds. The highest BCUT2D eigenvalue weighted by molar-refractivity contribution is 7.91. The molecule has 1 aromatic carbocycles. The van der Waals surface area contributed by atoms with Crippen LogP contribution >= 0.6 is 0 Å². The summed E-state index contributed by atoms with van der Waals surface area (Å²) in [4.78, 5) is 16.3. The van der Waals surface area contributed by atoms with E-state index in [-0.39, 0.29) is 29.1 Å². The molecule has 0 unspecified atom stereocenters. The van der Waals surface area contributed by atoms with E-state index < -0.39 is 9.84 Å². The fourth-order valence-corrected chi connectivity index (χ4v) is 5.29. The van der Waals surface area contributed by atoms with Gasteiger partial charge in [0.2, 0.25) is 0 Å². The van der Waals surface area contributed by atoms with Crippen molar-refractivity contribution in [3.05, 3.63) is 40.7 Å². The molecule has 2 aromatic rings. The molecular weight excluding hydrogens is 364 g/mol. The van der Waals surface area contributed by atoms with Crippen LogP contribution in [0.25, 0.3) is 5.69 Å². The average Bonchev–Trinajstić information content (AvgIpc) is 3.14. The minimum Gasteiger partial charge on any atom is -0.333 e. The fourth-order valence-electron chi connectivity index (χ4n) is 3.56. The molecule has 3 rings (SSSR count). The third-order valence-corrected chi connectivity index (χ3v) is 6.68. The summed E-state index contributed by atoms with van der Waals surface area (Å²) in [6, 6.07) is 5.68. The van der Waals surface area contributed by atoms with Gasteiger partial charge in [0.25, 0.3) is 5.91 Å². The summed E-state index contributed by atoms with van der Waals surface area (Å²) in [7, 11) is -3.07. The third-order valence-electron chi connectivity index (χ3n) is 4.93. The van der Waals surface area contributed by atoms with E-state index in [0.717, 1.165) is 23.2 Å². The van der Waals surface area contributed by atoms with Gasteiger partial charge in [-0.2, -0.15) is 9.90 Å². The first kappa shape index (κ1) is 19.5. The van der Waals surface area contributed by atoms with Crippen LogP contribution in [0.2, 0.25) is 0 Å². The summed E-state index contributed by atoms with van der Waals surface area (Å²) >= 11 is 0. The van der Waals surface area contributed by atoms with Crippen molar-refractivity contribution in [2.24, 2.45) is 0 Å². The minimum absolute atomic E-state index is 0.0307. The first-order chi connectivity index (χ1) is 12.7. The van der Waals surface area contributed by atoms with Gasteiger partial charge in [0, 0.05) is 12.6 Å². The fraction of sp³-hybridized carbons (Fsp3) is 0.526. The van der Waals surface area contributed by atoms with Crippen molar-refractivity contribution in [1.29, 1.82) is 0 Å². The molecule has 1 saturated heterocycles. The summed E-state index contributed by atoms with van der Waals surface area (Å²) in [5.74, 6) is -0.0741. The van der Waals surface area contributed by atoms with Crippen molar-refractivity contribution < 1.29 is 13.2 Å². The SMILES string of the molecule is CCCN(C(=O)c1nn(-c2ccc(C)cc2C)nc1C)[C@H]1CCS(=O)(=O)C1. The molecule has 0 aliphatic carbocycles. The Morgan fingerprint density at radius 2 is 2.00 bits per heavy atom. The summed E-state index contributed by atoms with van der Waals surface area (Å²) in [6.07, 6.45) is 1.24. The lowest BCUT2D eigenvalue weighted by atomic mass is 10.1. The van der Waals surface area contributed by atoms with Gasteiger partial charge in [-0.3, -0.25) is 4.79 Å². The van der Waals surface area contributed by atoms with Crippen LogP contribution in [0.15, 0.2) is 18.2 Å². The highest BCUT2D eigenvalue weighted by Crippen LogP contribution is 2.21. The van der Waals surface area contributed by atoms with Gasteiger partial charge in [0.1, 0.15) is 0 Å². The minimum atomic E-state index is -3.07. The predicted molar refractivity (Wildman–Crippen MR) is 104 cm³/mol. The highest BCUT2D eigenvalue weighted by atomic mass is 32.2. The van der Waals surface area contributed by atoms with Crippen LogP contribution in [0.4, 0.5) is 0 Å². The van der Waals surface area contributed by atoms with Gasteiger partial charge in [-0.05, 0) is 45.2 Å². The molecule has 1 aromatic heterocycles. The predicted octanol–water partition coefficient (Wildman–Crippen LogP) is 2.23. The zero-order chi connectivity index (χ0) is 19.8. The first-order valence-electron chi connectivity index (χ1n) is 9.25. The Morgan fingerprint density at radius 3 is 2.59 bits per heavy atom. The van der Waals surface area contributed by atoms with Crippen LogP contribution in [0.3, 0.4) is 0 Å². The lowest BCUT2D eigenvalue weighted by Gasteiger charge is -2.27. The van der Waals surface area contributed by atoms with Gasteiger partial charge in [0.05, 0.1) is 22.9 Å². The van der Waals surface area contributed by atoms with Crippen LogP contribution in [0.1, 0.15) is 47.1 Å². The number of sulfone groups is 1. The second kappa shape index (κ2) is 7.42. The summed E-state index contributed by atoms with van der Waals surface area (Å²) in [5.41, 5.74) is 3.83. The maximum absolute atomic E-state index is 13.2. The Labute approximate surface area is 160 Å². The van der Waals surface area contributed by atoms with E-state index in [2.05, 4.69) is 10.2 Å². The Bertz CT molecular complexity index is 965. The van der Waals surface area contributed by atoms with E-state index in [4.69, 9.17) is 0 Å². The monoisotopic (exact) mass is 390 g/mol. The Hall–Kier alpha value is -2.22. The van der Waals surface area contributed by atoms with Gasteiger partial charge in [-0.25, -0.2) is 8.42 Å². The van der Waals surface area contributed by atoms with Crippen LogP contribution in [0, 0.1) is 20.8 Å². The molecule has 1 aliphatic rings. The van der Waals surface area contributed by atoms with Gasteiger partial charge in [0.15, 0.2) is 15.5 Å². The van der Waals surface area contributed by atoms with Crippen molar-refractivity contribution in [1.82, 2.24) is 19.9 Å². The molecule has 7 nitrogen and oxygen atoms in total. The molecule has 0 bridgehead atoms. The second-order valence-corrected chi connectivity index (χ2v) is 9.50. The van der Waals surface area contributed by atoms with E-state index in [9.17, 15) is 13.2 Å². The van der Waals surface area contributed by atoms with E-state index in [1.54, 1.807) is 11.8 Å². The van der Waals surface area contributed by atoms with Crippen molar-refractivity contribution in [3.63, 3.8) is 0 Å². The number of nitrogens with zero attached hydrogens (tertiary/aromatic N) is 4. The van der Waals surface area contributed by atoms with Crippen LogP contribution < -0.4 is 0 Å². The van der Waals surface area contributed by atoms with Crippen molar-refractivity contribution in [3.8, 4) is 5.69 Å². The van der Waals surface area contributed by atoms with Crippen LogP contribution in [-0.2, 0) is 9.84 Å². The zero-order valence-corrected chi connectivity index (χ0v) is 17.1. The number of rotatable bonds is 5. The summed E-state index contributed by atoms with van der Waals surface area (Å²) in [5, 5.41) is 8.88. The average molecular weight is 391 g/mol. The number of carbonyl (C=O) groups is 1. The lowest BCUT2D eigenvalue weighted by Crippen LogP contribution is -2.42. The van der Waals surface area contributed by atoms with Crippen molar-refractivity contribution in [2.75, 3.05) is 18.1 Å². The molecular formula is C19H26N4O3S. The molecule has 0 saturated carbocycles. The van der Waals surface area contributed by atoms with E-state index in [1.165, 1.54) is 4.80 Å². The lowest BCUT2D eigenvalue weighted by molar-refractivity contribution is 0.0689. The van der Waals surface area contributed by atoms with E-state index in [1.807, 2.05) is 39.0 Å². The Balaban J connectivity index is 1.92. The first-order valence-corrected chi connectivity index (χ1v) is 11.1. The van der Waals surface area contributed by atoms with Crippen molar-refractivity contribution in [2.45, 2.75) is 46.6 Å². The van der Waals surface area contributed by atoms with E-state index >= 15 is 0 Å².